The van der Waals surface area contributed by atoms with Crippen molar-refractivity contribution in [2.75, 3.05) is 13.2 Å². The number of hydrogen-bond donors (Lipinski definition) is 0. The molecule has 3 aromatic carbocycles. The Morgan fingerprint density at radius 2 is 1.73 bits per heavy atom. The van der Waals surface area contributed by atoms with Gasteiger partial charge in [-0.2, -0.15) is 0 Å². The summed E-state index contributed by atoms with van der Waals surface area (Å²) in [5.41, 5.74) is 2.91. The molecule has 0 bridgehead atoms. The molecule has 0 amide bonds. The number of carbonyl (C=O) groups excluding carboxylic acids is 1. The second kappa shape index (κ2) is 12.4. The molecule has 0 spiro atoms. The summed E-state index contributed by atoms with van der Waals surface area (Å²) in [7, 11) is 0. The van der Waals surface area contributed by atoms with E-state index < -0.39 is 12.0 Å². The highest BCUT2D eigenvalue weighted by molar-refractivity contribution is 7.07. The fraction of sp³-hybridized carbons (Fsp3) is 0.242. The summed E-state index contributed by atoms with van der Waals surface area (Å²) in [4.78, 5) is 33.0. The lowest BCUT2D eigenvalue weighted by Crippen LogP contribution is -2.40. The fourth-order valence-corrected chi connectivity index (χ4v) is 5.77. The lowest BCUT2D eigenvalue weighted by Gasteiger charge is -2.26. The summed E-state index contributed by atoms with van der Waals surface area (Å²) >= 11 is 1.29. The SMILES string of the molecule is CCOC(=O)C1=C(c2ccccc2)N=c2s/c(=C\c3cccc(OC(C)C)c3)c(=O)n2[C@H]1c1ccc(OCC)cc1. The molecule has 0 saturated heterocycles. The van der Waals surface area contributed by atoms with Crippen molar-refractivity contribution in [3.63, 3.8) is 0 Å². The Bertz CT molecular complexity index is 1750. The van der Waals surface area contributed by atoms with Gasteiger partial charge in [0.1, 0.15) is 11.5 Å². The molecule has 0 saturated carbocycles. The van der Waals surface area contributed by atoms with E-state index in [-0.39, 0.29) is 18.3 Å². The first-order chi connectivity index (χ1) is 19.9. The van der Waals surface area contributed by atoms with Gasteiger partial charge in [0, 0.05) is 5.56 Å². The van der Waals surface area contributed by atoms with Crippen LogP contribution in [0.1, 0.15) is 50.4 Å². The molecule has 4 aromatic rings. The average Bonchev–Trinajstić information content (AvgIpc) is 3.27. The Hall–Kier alpha value is -4.43. The molecule has 1 aromatic heterocycles. The van der Waals surface area contributed by atoms with Gasteiger partial charge in [0.25, 0.3) is 5.56 Å². The number of nitrogens with zero attached hydrogens (tertiary/aromatic N) is 2. The van der Waals surface area contributed by atoms with Crippen molar-refractivity contribution < 1.29 is 19.0 Å². The summed E-state index contributed by atoms with van der Waals surface area (Å²) in [5, 5.41) is 0. The van der Waals surface area contributed by atoms with Gasteiger partial charge < -0.3 is 14.2 Å². The summed E-state index contributed by atoms with van der Waals surface area (Å²) < 4.78 is 19.1. The minimum atomic E-state index is -0.742. The van der Waals surface area contributed by atoms with E-state index >= 15 is 0 Å². The van der Waals surface area contributed by atoms with E-state index in [1.807, 2.05) is 106 Å². The third kappa shape index (κ3) is 6.02. The molecule has 210 valence electrons. The molecule has 8 heteroatoms. The molecule has 7 nitrogen and oxygen atoms in total. The van der Waals surface area contributed by atoms with E-state index in [9.17, 15) is 9.59 Å². The number of rotatable bonds is 9. The Morgan fingerprint density at radius 1 is 0.976 bits per heavy atom. The van der Waals surface area contributed by atoms with Crippen molar-refractivity contribution in [3.05, 3.63) is 121 Å². The highest BCUT2D eigenvalue weighted by Gasteiger charge is 2.35. The molecule has 5 rings (SSSR count). The van der Waals surface area contributed by atoms with Crippen molar-refractivity contribution in [2.45, 2.75) is 39.8 Å². The Morgan fingerprint density at radius 3 is 2.41 bits per heavy atom. The van der Waals surface area contributed by atoms with Crippen molar-refractivity contribution in [2.24, 2.45) is 4.99 Å². The minimum absolute atomic E-state index is 0.0300. The van der Waals surface area contributed by atoms with Crippen LogP contribution < -0.4 is 24.4 Å². The lowest BCUT2D eigenvalue weighted by atomic mass is 9.93. The van der Waals surface area contributed by atoms with Crippen LogP contribution in [0.5, 0.6) is 11.5 Å². The van der Waals surface area contributed by atoms with Gasteiger partial charge >= 0.3 is 5.97 Å². The monoisotopic (exact) mass is 568 g/mol. The van der Waals surface area contributed by atoms with Crippen molar-refractivity contribution in [1.82, 2.24) is 4.57 Å². The molecule has 2 heterocycles. The number of carbonyl (C=O) groups is 1. The largest absolute Gasteiger partial charge is 0.494 e. The molecule has 0 fully saturated rings. The molecule has 1 aliphatic heterocycles. The second-order valence-electron chi connectivity index (χ2n) is 9.67. The Kier molecular flexibility index (Phi) is 8.50. The zero-order valence-electron chi connectivity index (χ0n) is 23.5. The number of hydrogen-bond acceptors (Lipinski definition) is 7. The van der Waals surface area contributed by atoms with Gasteiger partial charge in [0.15, 0.2) is 4.80 Å². The van der Waals surface area contributed by atoms with Crippen LogP contribution in [0, 0.1) is 0 Å². The first-order valence-corrected chi connectivity index (χ1v) is 14.5. The van der Waals surface area contributed by atoms with Gasteiger partial charge in [-0.25, -0.2) is 9.79 Å². The van der Waals surface area contributed by atoms with Crippen LogP contribution in [0.3, 0.4) is 0 Å². The molecule has 0 unspecified atom stereocenters. The Labute approximate surface area is 242 Å². The maximum absolute atomic E-state index is 14.1. The van der Waals surface area contributed by atoms with Gasteiger partial charge in [-0.1, -0.05) is 65.9 Å². The van der Waals surface area contributed by atoms with Crippen LogP contribution >= 0.6 is 11.3 Å². The first kappa shape index (κ1) is 28.1. The lowest BCUT2D eigenvalue weighted by molar-refractivity contribution is -0.138. The van der Waals surface area contributed by atoms with Crippen LogP contribution in [0.4, 0.5) is 0 Å². The van der Waals surface area contributed by atoms with E-state index in [1.54, 1.807) is 11.5 Å². The zero-order valence-corrected chi connectivity index (χ0v) is 24.3. The topological polar surface area (TPSA) is 79.1 Å². The number of esters is 1. The highest BCUT2D eigenvalue weighted by atomic mass is 32.1. The zero-order chi connectivity index (χ0) is 28.9. The fourth-order valence-electron chi connectivity index (χ4n) is 4.77. The van der Waals surface area contributed by atoms with Gasteiger partial charge in [-0.05, 0) is 69.2 Å². The summed E-state index contributed by atoms with van der Waals surface area (Å²) in [6, 6.07) is 23.8. The number of fused-ring (bicyclic) bond motifs is 1. The van der Waals surface area contributed by atoms with Crippen LogP contribution in [0.2, 0.25) is 0 Å². The summed E-state index contributed by atoms with van der Waals surface area (Å²) in [6.45, 7) is 8.35. The van der Waals surface area contributed by atoms with Gasteiger partial charge in [0.2, 0.25) is 0 Å². The number of aromatic nitrogens is 1. The number of thiazole rings is 1. The third-order valence-corrected chi connectivity index (χ3v) is 7.39. The maximum atomic E-state index is 14.1. The minimum Gasteiger partial charge on any atom is -0.494 e. The van der Waals surface area contributed by atoms with Crippen LogP contribution in [-0.2, 0) is 9.53 Å². The van der Waals surface area contributed by atoms with Crippen LogP contribution in [-0.4, -0.2) is 29.9 Å². The maximum Gasteiger partial charge on any atom is 0.338 e. The summed E-state index contributed by atoms with van der Waals surface area (Å²) in [6.07, 6.45) is 1.87. The van der Waals surface area contributed by atoms with Crippen LogP contribution in [0.15, 0.2) is 94.2 Å². The quantitative estimate of drug-likeness (QED) is 0.262. The third-order valence-electron chi connectivity index (χ3n) is 6.41. The molecule has 0 radical (unpaired) electrons. The van der Waals surface area contributed by atoms with E-state index in [0.29, 0.717) is 33.0 Å². The van der Waals surface area contributed by atoms with E-state index in [1.165, 1.54) is 11.3 Å². The van der Waals surface area contributed by atoms with E-state index in [4.69, 9.17) is 19.2 Å². The molecule has 0 N–H and O–H groups in total. The van der Waals surface area contributed by atoms with Crippen LogP contribution in [0.25, 0.3) is 11.8 Å². The van der Waals surface area contributed by atoms with E-state index in [2.05, 4.69) is 0 Å². The molecular weight excluding hydrogens is 536 g/mol. The smallest absolute Gasteiger partial charge is 0.338 e. The van der Waals surface area contributed by atoms with Gasteiger partial charge in [-0.15, -0.1) is 0 Å². The van der Waals surface area contributed by atoms with Crippen molar-refractivity contribution >= 4 is 29.1 Å². The number of benzene rings is 3. The second-order valence-corrected chi connectivity index (χ2v) is 10.7. The van der Waals surface area contributed by atoms with Crippen molar-refractivity contribution in [3.8, 4) is 11.5 Å². The van der Waals surface area contributed by atoms with E-state index in [0.717, 1.165) is 22.4 Å². The molecule has 0 aliphatic carbocycles. The van der Waals surface area contributed by atoms with Crippen molar-refractivity contribution in [1.29, 1.82) is 0 Å². The first-order valence-electron chi connectivity index (χ1n) is 13.7. The highest BCUT2D eigenvalue weighted by Crippen LogP contribution is 2.35. The molecular formula is C33H32N2O5S. The molecule has 1 aliphatic rings. The predicted octanol–water partition coefficient (Wildman–Crippen LogP) is 5.12. The number of ether oxygens (including phenoxy) is 3. The van der Waals surface area contributed by atoms with Gasteiger partial charge in [-0.3, -0.25) is 9.36 Å². The normalized spacial score (nSPS) is 15.0. The van der Waals surface area contributed by atoms with Gasteiger partial charge in [0.05, 0.1) is 41.2 Å². The Balaban J connectivity index is 1.75. The summed E-state index contributed by atoms with van der Waals surface area (Å²) in [5.74, 6) is 0.920. The standard InChI is InChI=1S/C33H32N2O5S/c1-5-38-25-17-15-24(16-18-25)30-28(32(37)39-6-2)29(23-12-8-7-9-13-23)34-33-35(30)31(36)27(41-33)20-22-11-10-14-26(19-22)40-21(3)4/h7-21,30H,5-6H2,1-4H3/b27-20-/t30-/m0/s1. The average molecular weight is 569 g/mol. The molecule has 41 heavy (non-hydrogen) atoms. The predicted molar refractivity (Wildman–Crippen MR) is 161 cm³/mol. The molecule has 1 atom stereocenters.